The summed E-state index contributed by atoms with van der Waals surface area (Å²) in [7, 11) is 0. The van der Waals surface area contributed by atoms with E-state index in [2.05, 4.69) is 29.4 Å². The molecule has 1 heterocycles. The Morgan fingerprint density at radius 1 is 1.10 bits per heavy atom. The first-order chi connectivity index (χ1) is 9.70. The Morgan fingerprint density at radius 2 is 1.90 bits per heavy atom. The van der Waals surface area contributed by atoms with Crippen molar-refractivity contribution in [1.82, 2.24) is 10.2 Å². The monoisotopic (exact) mass is 293 g/mol. The predicted octanol–water partition coefficient (Wildman–Crippen LogP) is 4.51. The third-order valence-corrected chi connectivity index (χ3v) is 5.79. The number of nitrogens with one attached hydrogen (secondary N) is 1. The van der Waals surface area contributed by atoms with E-state index in [-0.39, 0.29) is 0 Å². The molecule has 3 rings (SSSR count). The summed E-state index contributed by atoms with van der Waals surface area (Å²) in [6, 6.07) is 0.634. The van der Waals surface area contributed by atoms with E-state index in [0.717, 1.165) is 23.4 Å². The van der Waals surface area contributed by atoms with Crippen molar-refractivity contribution in [1.29, 1.82) is 0 Å². The maximum atomic E-state index is 4.32. The lowest BCUT2D eigenvalue weighted by molar-refractivity contribution is 0.162. The van der Waals surface area contributed by atoms with E-state index in [1.165, 1.54) is 50.0 Å². The lowest BCUT2D eigenvalue weighted by atomic mass is 9.69. The van der Waals surface area contributed by atoms with Gasteiger partial charge in [0.25, 0.3) is 0 Å². The van der Waals surface area contributed by atoms with Gasteiger partial charge in [0.15, 0.2) is 0 Å². The molecule has 0 aromatic carbocycles. The van der Waals surface area contributed by atoms with Crippen LogP contribution in [0.2, 0.25) is 0 Å². The lowest BCUT2D eigenvalue weighted by Gasteiger charge is -2.39. The van der Waals surface area contributed by atoms with Crippen LogP contribution >= 0.6 is 11.3 Å². The van der Waals surface area contributed by atoms with Gasteiger partial charge >= 0.3 is 0 Å². The minimum Gasteiger partial charge on any atom is -0.357 e. The van der Waals surface area contributed by atoms with Crippen LogP contribution in [0.5, 0.6) is 0 Å². The van der Waals surface area contributed by atoms with E-state index < -0.39 is 0 Å². The zero-order valence-corrected chi connectivity index (χ0v) is 13.6. The SMILES string of the molecule is CC(C)Cc1nnc(NC2CCC3CCCCC3C2)s1. The molecule has 0 aliphatic heterocycles. The fraction of sp³-hybridized carbons (Fsp3) is 0.875. The van der Waals surface area contributed by atoms with Crippen LogP contribution < -0.4 is 5.32 Å². The van der Waals surface area contributed by atoms with Crippen molar-refractivity contribution in [3.63, 3.8) is 0 Å². The molecular weight excluding hydrogens is 266 g/mol. The standard InChI is InChI=1S/C16H27N3S/c1-11(2)9-15-18-19-16(20-15)17-14-8-7-12-5-3-4-6-13(12)10-14/h11-14H,3-10H2,1-2H3,(H,17,19). The first-order valence-corrected chi connectivity index (χ1v) is 9.11. The number of hydrogen-bond donors (Lipinski definition) is 1. The van der Waals surface area contributed by atoms with Crippen molar-refractivity contribution in [2.75, 3.05) is 5.32 Å². The molecule has 0 spiro atoms. The molecule has 112 valence electrons. The molecule has 3 atom stereocenters. The number of hydrogen-bond acceptors (Lipinski definition) is 4. The number of aromatic nitrogens is 2. The largest absolute Gasteiger partial charge is 0.357 e. The molecule has 1 aromatic heterocycles. The molecule has 0 radical (unpaired) electrons. The Bertz CT molecular complexity index is 429. The van der Waals surface area contributed by atoms with Gasteiger partial charge in [0, 0.05) is 12.5 Å². The van der Waals surface area contributed by atoms with E-state index in [0.29, 0.717) is 12.0 Å². The molecule has 1 aromatic rings. The van der Waals surface area contributed by atoms with Gasteiger partial charge in [0.2, 0.25) is 5.13 Å². The first-order valence-electron chi connectivity index (χ1n) is 8.29. The molecule has 4 heteroatoms. The van der Waals surface area contributed by atoms with Crippen molar-refractivity contribution in [2.45, 2.75) is 71.3 Å². The van der Waals surface area contributed by atoms with Gasteiger partial charge in [-0.15, -0.1) is 10.2 Å². The molecule has 1 N–H and O–H groups in total. The number of rotatable bonds is 4. The smallest absolute Gasteiger partial charge is 0.205 e. The average Bonchev–Trinajstić information content (AvgIpc) is 2.85. The molecule has 3 unspecified atom stereocenters. The van der Waals surface area contributed by atoms with Crippen LogP contribution in [0.15, 0.2) is 0 Å². The van der Waals surface area contributed by atoms with Crippen LogP contribution in [-0.2, 0) is 6.42 Å². The summed E-state index contributed by atoms with van der Waals surface area (Å²) >= 11 is 1.75. The highest BCUT2D eigenvalue weighted by Crippen LogP contribution is 2.41. The molecule has 20 heavy (non-hydrogen) atoms. The molecule has 2 aliphatic rings. The molecular formula is C16H27N3S. The van der Waals surface area contributed by atoms with Crippen LogP contribution in [0.25, 0.3) is 0 Å². The van der Waals surface area contributed by atoms with Gasteiger partial charge in [-0.1, -0.05) is 50.9 Å². The van der Waals surface area contributed by atoms with E-state index in [1.807, 2.05) is 0 Å². The van der Waals surface area contributed by atoms with Gasteiger partial charge in [-0.3, -0.25) is 0 Å². The first kappa shape index (κ1) is 14.3. The fourth-order valence-corrected chi connectivity index (χ4v) is 4.95. The summed E-state index contributed by atoms with van der Waals surface area (Å²) < 4.78 is 0. The van der Waals surface area contributed by atoms with E-state index in [9.17, 15) is 0 Å². The summed E-state index contributed by atoms with van der Waals surface area (Å²) in [6.07, 6.45) is 11.0. The van der Waals surface area contributed by atoms with Crippen molar-refractivity contribution < 1.29 is 0 Å². The zero-order chi connectivity index (χ0) is 13.9. The summed E-state index contributed by atoms with van der Waals surface area (Å²) in [6.45, 7) is 4.47. The van der Waals surface area contributed by atoms with Crippen LogP contribution in [0, 0.1) is 17.8 Å². The number of nitrogens with zero attached hydrogens (tertiary/aromatic N) is 2. The highest BCUT2D eigenvalue weighted by atomic mass is 32.1. The van der Waals surface area contributed by atoms with Crippen LogP contribution in [-0.4, -0.2) is 16.2 Å². The van der Waals surface area contributed by atoms with Crippen LogP contribution in [0.4, 0.5) is 5.13 Å². The molecule has 0 bridgehead atoms. The van der Waals surface area contributed by atoms with Crippen LogP contribution in [0.3, 0.4) is 0 Å². The third kappa shape index (κ3) is 3.51. The molecule has 3 nitrogen and oxygen atoms in total. The Hall–Kier alpha value is -0.640. The van der Waals surface area contributed by atoms with E-state index in [4.69, 9.17) is 0 Å². The Morgan fingerprint density at radius 3 is 2.70 bits per heavy atom. The van der Waals surface area contributed by atoms with E-state index >= 15 is 0 Å². The number of anilines is 1. The highest BCUT2D eigenvalue weighted by molar-refractivity contribution is 7.15. The molecule has 0 saturated heterocycles. The van der Waals surface area contributed by atoms with Gasteiger partial charge in [0.1, 0.15) is 5.01 Å². The summed E-state index contributed by atoms with van der Waals surface area (Å²) in [5.41, 5.74) is 0. The molecule has 2 saturated carbocycles. The average molecular weight is 293 g/mol. The molecule has 2 aliphatic carbocycles. The van der Waals surface area contributed by atoms with Crippen LogP contribution in [0.1, 0.15) is 63.8 Å². The third-order valence-electron chi connectivity index (χ3n) is 4.92. The van der Waals surface area contributed by atoms with Crippen molar-refractivity contribution in [2.24, 2.45) is 17.8 Å². The summed E-state index contributed by atoms with van der Waals surface area (Å²) in [5, 5.41) is 14.5. The van der Waals surface area contributed by atoms with Gasteiger partial charge in [0.05, 0.1) is 0 Å². The summed E-state index contributed by atoms with van der Waals surface area (Å²) in [4.78, 5) is 0. The topological polar surface area (TPSA) is 37.8 Å². The molecule has 0 amide bonds. The van der Waals surface area contributed by atoms with Gasteiger partial charge < -0.3 is 5.32 Å². The minimum absolute atomic E-state index is 0.634. The van der Waals surface area contributed by atoms with Gasteiger partial charge in [-0.25, -0.2) is 0 Å². The van der Waals surface area contributed by atoms with Gasteiger partial charge in [-0.05, 0) is 37.0 Å². The quantitative estimate of drug-likeness (QED) is 0.887. The van der Waals surface area contributed by atoms with Crippen molar-refractivity contribution in [3.8, 4) is 0 Å². The second-order valence-electron chi connectivity index (χ2n) is 7.06. The second kappa shape index (κ2) is 6.42. The lowest BCUT2D eigenvalue weighted by Crippen LogP contribution is -2.34. The Kier molecular flexibility index (Phi) is 4.59. The fourth-order valence-electron chi connectivity index (χ4n) is 3.92. The maximum absolute atomic E-state index is 4.32. The predicted molar refractivity (Wildman–Crippen MR) is 85.2 cm³/mol. The summed E-state index contributed by atoms with van der Waals surface area (Å²) in [5.74, 6) is 2.65. The van der Waals surface area contributed by atoms with Gasteiger partial charge in [-0.2, -0.15) is 0 Å². The van der Waals surface area contributed by atoms with Crippen molar-refractivity contribution >= 4 is 16.5 Å². The molecule has 2 fully saturated rings. The Balaban J connectivity index is 1.54. The normalized spacial score (nSPS) is 30.2. The minimum atomic E-state index is 0.634. The Labute approximate surface area is 126 Å². The van der Waals surface area contributed by atoms with E-state index in [1.54, 1.807) is 11.3 Å². The highest BCUT2D eigenvalue weighted by Gasteiger charge is 2.32. The maximum Gasteiger partial charge on any atom is 0.205 e. The van der Waals surface area contributed by atoms with Crippen molar-refractivity contribution in [3.05, 3.63) is 5.01 Å². The second-order valence-corrected chi connectivity index (χ2v) is 8.12. The number of fused-ring (bicyclic) bond motifs is 1. The zero-order valence-electron chi connectivity index (χ0n) is 12.8.